The smallest absolute Gasteiger partial charge is 0.307 e. The molecule has 0 heterocycles. The normalized spacial score (nSPS) is 10.3. The minimum atomic E-state index is -0.819. The average Bonchev–Trinajstić information content (AvgIpc) is 2.42. The zero-order chi connectivity index (χ0) is 14.5. The molecule has 0 bridgehead atoms. The Kier molecular flexibility index (Phi) is 4.41. The zero-order valence-electron chi connectivity index (χ0n) is 11.8. The quantitative estimate of drug-likeness (QED) is 0.864. The minimum Gasteiger partial charge on any atom is -0.481 e. The van der Waals surface area contributed by atoms with Crippen LogP contribution in [0.1, 0.15) is 23.6 Å². The Morgan fingerprint density at radius 2 is 1.85 bits per heavy atom. The Labute approximate surface area is 119 Å². The first-order chi connectivity index (χ1) is 9.58. The predicted octanol–water partition coefficient (Wildman–Crippen LogP) is 3.93. The molecule has 0 amide bonds. The van der Waals surface area contributed by atoms with Gasteiger partial charge in [-0.05, 0) is 42.7 Å². The van der Waals surface area contributed by atoms with Crippen LogP contribution in [0.15, 0.2) is 42.5 Å². The number of hydrogen-bond donors (Lipinski definition) is 2. The molecule has 0 aliphatic carbocycles. The number of anilines is 2. The highest BCUT2D eigenvalue weighted by atomic mass is 16.4. The van der Waals surface area contributed by atoms with E-state index in [1.165, 1.54) is 5.56 Å². The number of carboxylic acid groups (broad SMARTS) is 1. The number of nitrogens with one attached hydrogen (secondary N) is 1. The van der Waals surface area contributed by atoms with Gasteiger partial charge in [-0.2, -0.15) is 0 Å². The first kappa shape index (κ1) is 14.1. The molecule has 2 aromatic carbocycles. The van der Waals surface area contributed by atoms with Gasteiger partial charge in [-0.1, -0.05) is 36.8 Å². The number of hydrogen-bond acceptors (Lipinski definition) is 2. The highest BCUT2D eigenvalue weighted by Gasteiger charge is 2.07. The predicted molar refractivity (Wildman–Crippen MR) is 81.6 cm³/mol. The maximum absolute atomic E-state index is 10.9. The SMILES string of the molecule is CCc1ccc(Nc2ccc(C)cc2CC(=O)O)cc1. The molecule has 0 saturated carbocycles. The highest BCUT2D eigenvalue weighted by Crippen LogP contribution is 2.23. The molecule has 0 radical (unpaired) electrons. The third-order valence-electron chi connectivity index (χ3n) is 3.24. The van der Waals surface area contributed by atoms with Crippen molar-refractivity contribution >= 4 is 17.3 Å². The Bertz CT molecular complexity index is 603. The van der Waals surface area contributed by atoms with E-state index in [1.54, 1.807) is 0 Å². The van der Waals surface area contributed by atoms with E-state index in [0.717, 1.165) is 28.9 Å². The molecule has 0 fully saturated rings. The third-order valence-corrected chi connectivity index (χ3v) is 3.24. The Morgan fingerprint density at radius 1 is 1.15 bits per heavy atom. The molecule has 0 aliphatic rings. The van der Waals surface area contributed by atoms with Crippen LogP contribution in [0, 0.1) is 6.92 Å². The summed E-state index contributed by atoms with van der Waals surface area (Å²) in [4.78, 5) is 10.9. The summed E-state index contributed by atoms with van der Waals surface area (Å²) in [7, 11) is 0. The lowest BCUT2D eigenvalue weighted by Crippen LogP contribution is -2.04. The van der Waals surface area contributed by atoms with Gasteiger partial charge in [-0.3, -0.25) is 4.79 Å². The van der Waals surface area contributed by atoms with E-state index in [4.69, 9.17) is 5.11 Å². The third kappa shape index (κ3) is 3.60. The highest BCUT2D eigenvalue weighted by molar-refractivity contribution is 5.75. The second-order valence-corrected chi connectivity index (χ2v) is 4.91. The summed E-state index contributed by atoms with van der Waals surface area (Å²) in [5, 5.41) is 12.3. The van der Waals surface area contributed by atoms with Crippen molar-refractivity contribution in [1.82, 2.24) is 0 Å². The zero-order valence-corrected chi connectivity index (χ0v) is 11.8. The van der Waals surface area contributed by atoms with Crippen molar-refractivity contribution in [2.45, 2.75) is 26.7 Å². The summed E-state index contributed by atoms with van der Waals surface area (Å²) < 4.78 is 0. The number of benzene rings is 2. The molecule has 2 aromatic rings. The molecule has 0 unspecified atom stereocenters. The van der Waals surface area contributed by atoms with Crippen LogP contribution in [-0.2, 0) is 17.6 Å². The molecule has 2 N–H and O–H groups in total. The van der Waals surface area contributed by atoms with E-state index in [-0.39, 0.29) is 6.42 Å². The molecule has 104 valence electrons. The second kappa shape index (κ2) is 6.24. The Hall–Kier alpha value is -2.29. The van der Waals surface area contributed by atoms with Gasteiger partial charge in [0.05, 0.1) is 6.42 Å². The number of carboxylic acids is 1. The van der Waals surface area contributed by atoms with Crippen molar-refractivity contribution in [3.8, 4) is 0 Å². The summed E-state index contributed by atoms with van der Waals surface area (Å²) in [5.41, 5.74) is 4.97. The molecule has 3 heteroatoms. The second-order valence-electron chi connectivity index (χ2n) is 4.91. The molecule has 0 atom stereocenters. The van der Waals surface area contributed by atoms with Crippen molar-refractivity contribution in [3.05, 3.63) is 59.2 Å². The van der Waals surface area contributed by atoms with Gasteiger partial charge >= 0.3 is 5.97 Å². The van der Waals surface area contributed by atoms with Crippen LogP contribution in [0.5, 0.6) is 0 Å². The van der Waals surface area contributed by atoms with Crippen molar-refractivity contribution in [1.29, 1.82) is 0 Å². The van der Waals surface area contributed by atoms with Gasteiger partial charge in [0.1, 0.15) is 0 Å². The van der Waals surface area contributed by atoms with Crippen LogP contribution < -0.4 is 5.32 Å². The number of aliphatic carboxylic acids is 1. The van der Waals surface area contributed by atoms with Gasteiger partial charge in [0, 0.05) is 11.4 Å². The fraction of sp³-hybridized carbons (Fsp3) is 0.235. The maximum atomic E-state index is 10.9. The van der Waals surface area contributed by atoms with Gasteiger partial charge in [0.2, 0.25) is 0 Å². The summed E-state index contributed by atoms with van der Waals surface area (Å²) in [6.07, 6.45) is 1.03. The largest absolute Gasteiger partial charge is 0.481 e. The van der Waals surface area contributed by atoms with E-state index < -0.39 is 5.97 Å². The monoisotopic (exact) mass is 269 g/mol. The van der Waals surface area contributed by atoms with E-state index in [2.05, 4.69) is 24.4 Å². The van der Waals surface area contributed by atoms with Crippen LogP contribution >= 0.6 is 0 Å². The van der Waals surface area contributed by atoms with Gasteiger partial charge in [0.25, 0.3) is 0 Å². The fourth-order valence-corrected chi connectivity index (χ4v) is 2.13. The van der Waals surface area contributed by atoms with Crippen LogP contribution in [0.4, 0.5) is 11.4 Å². The Balaban J connectivity index is 2.25. The van der Waals surface area contributed by atoms with E-state index in [0.29, 0.717) is 0 Å². The number of carbonyl (C=O) groups is 1. The van der Waals surface area contributed by atoms with E-state index >= 15 is 0 Å². The lowest BCUT2D eigenvalue weighted by molar-refractivity contribution is -0.136. The first-order valence-corrected chi connectivity index (χ1v) is 6.75. The fourth-order valence-electron chi connectivity index (χ4n) is 2.13. The maximum Gasteiger partial charge on any atom is 0.307 e. The molecule has 0 aromatic heterocycles. The van der Waals surface area contributed by atoms with Crippen LogP contribution in [0.2, 0.25) is 0 Å². The van der Waals surface area contributed by atoms with Gasteiger partial charge in [-0.25, -0.2) is 0 Å². The van der Waals surface area contributed by atoms with Gasteiger partial charge in [0.15, 0.2) is 0 Å². The average molecular weight is 269 g/mol. The van der Waals surface area contributed by atoms with Crippen molar-refractivity contribution in [2.75, 3.05) is 5.32 Å². The summed E-state index contributed by atoms with van der Waals surface area (Å²) in [5.74, 6) is -0.819. The van der Waals surface area contributed by atoms with E-state index in [9.17, 15) is 4.79 Å². The van der Waals surface area contributed by atoms with E-state index in [1.807, 2.05) is 37.3 Å². The molecule has 0 spiro atoms. The topological polar surface area (TPSA) is 49.3 Å². The van der Waals surface area contributed by atoms with Crippen molar-refractivity contribution < 1.29 is 9.90 Å². The molecule has 20 heavy (non-hydrogen) atoms. The molecule has 2 rings (SSSR count). The van der Waals surface area contributed by atoms with Crippen molar-refractivity contribution in [3.63, 3.8) is 0 Å². The molecule has 0 saturated heterocycles. The first-order valence-electron chi connectivity index (χ1n) is 6.75. The minimum absolute atomic E-state index is 0.0249. The van der Waals surface area contributed by atoms with Crippen molar-refractivity contribution in [2.24, 2.45) is 0 Å². The lowest BCUT2D eigenvalue weighted by atomic mass is 10.1. The lowest BCUT2D eigenvalue weighted by Gasteiger charge is -2.12. The summed E-state index contributed by atoms with van der Waals surface area (Å²) in [6, 6.07) is 14.0. The number of aryl methyl sites for hydroxylation is 2. The van der Waals surface area contributed by atoms with Crippen LogP contribution in [0.3, 0.4) is 0 Å². The summed E-state index contributed by atoms with van der Waals surface area (Å²) >= 11 is 0. The molecule has 3 nitrogen and oxygen atoms in total. The standard InChI is InChI=1S/C17H19NO2/c1-3-13-5-7-15(8-6-13)18-16-9-4-12(2)10-14(16)11-17(19)20/h4-10,18H,3,11H2,1-2H3,(H,19,20). The molecule has 0 aliphatic heterocycles. The number of rotatable bonds is 5. The Morgan fingerprint density at radius 3 is 2.45 bits per heavy atom. The van der Waals surface area contributed by atoms with Gasteiger partial charge < -0.3 is 10.4 Å². The summed E-state index contributed by atoms with van der Waals surface area (Å²) in [6.45, 7) is 4.08. The van der Waals surface area contributed by atoms with Crippen LogP contribution in [-0.4, -0.2) is 11.1 Å². The molecular formula is C17H19NO2. The molecular weight excluding hydrogens is 250 g/mol. The van der Waals surface area contributed by atoms with Crippen LogP contribution in [0.25, 0.3) is 0 Å². The van der Waals surface area contributed by atoms with Gasteiger partial charge in [-0.15, -0.1) is 0 Å².